The fourth-order valence-corrected chi connectivity index (χ4v) is 9.79. The lowest BCUT2D eigenvalue weighted by molar-refractivity contribution is -0.130. The van der Waals surface area contributed by atoms with Crippen molar-refractivity contribution in [3.63, 3.8) is 0 Å². The van der Waals surface area contributed by atoms with Crippen LogP contribution in [0.4, 0.5) is 0 Å². The number of rotatable bonds is 4. The average Bonchev–Trinajstić information content (AvgIpc) is 3.20. The summed E-state index contributed by atoms with van der Waals surface area (Å²) in [5.41, 5.74) is 0.927. The van der Waals surface area contributed by atoms with Crippen LogP contribution in [0.1, 0.15) is 91.9 Å². The molecule has 0 radical (unpaired) electrons. The Morgan fingerprint density at radius 2 is 1.77 bits per heavy atom. The van der Waals surface area contributed by atoms with Gasteiger partial charge in [-0.05, 0) is 116 Å². The highest BCUT2D eigenvalue weighted by molar-refractivity contribution is 5.14. The predicted molar refractivity (Wildman–Crippen MR) is 120 cm³/mol. The van der Waals surface area contributed by atoms with Crippen LogP contribution in [0.3, 0.4) is 0 Å². The second-order valence-corrected chi connectivity index (χ2v) is 12.8. The van der Waals surface area contributed by atoms with Crippen molar-refractivity contribution in [2.24, 2.45) is 52.3 Å². The lowest BCUT2D eigenvalue weighted by atomic mass is 9.44. The molecule has 0 bridgehead atoms. The molecule has 5 aliphatic rings. The highest BCUT2D eigenvalue weighted by atomic mass is 16.5. The number of fused-ring (bicyclic) bond motifs is 7. The van der Waals surface area contributed by atoms with Crippen LogP contribution in [0, 0.1) is 52.3 Å². The molecule has 1 saturated heterocycles. The van der Waals surface area contributed by atoms with E-state index in [4.69, 9.17) is 4.74 Å². The van der Waals surface area contributed by atoms with Gasteiger partial charge in [-0.25, -0.2) is 0 Å². The predicted octanol–water partition coefficient (Wildman–Crippen LogP) is 5.43. The van der Waals surface area contributed by atoms with Crippen molar-refractivity contribution >= 4 is 0 Å². The van der Waals surface area contributed by atoms with Crippen LogP contribution in [-0.4, -0.2) is 35.1 Å². The van der Waals surface area contributed by atoms with Crippen LogP contribution < -0.4 is 0 Å². The van der Waals surface area contributed by atoms with Crippen LogP contribution in [0.5, 0.6) is 0 Å². The van der Waals surface area contributed by atoms with Crippen LogP contribution in [0.2, 0.25) is 0 Å². The minimum absolute atomic E-state index is 0.0425. The Labute approximate surface area is 184 Å². The summed E-state index contributed by atoms with van der Waals surface area (Å²) in [6, 6.07) is 0. The minimum atomic E-state index is -0.0425. The van der Waals surface area contributed by atoms with Gasteiger partial charge in [0.1, 0.15) is 0 Å². The van der Waals surface area contributed by atoms with E-state index in [2.05, 4.69) is 27.7 Å². The maximum atomic E-state index is 10.3. The maximum Gasteiger partial charge on any atom is 0.0618 e. The average molecular weight is 419 g/mol. The lowest BCUT2D eigenvalue weighted by Gasteiger charge is -2.61. The van der Waals surface area contributed by atoms with Crippen molar-refractivity contribution in [3.05, 3.63) is 0 Å². The largest absolute Gasteiger partial charge is 0.396 e. The van der Waals surface area contributed by atoms with Gasteiger partial charge in [0.2, 0.25) is 0 Å². The summed E-state index contributed by atoms with van der Waals surface area (Å²) in [5, 5.41) is 19.7. The molecule has 2 N–H and O–H groups in total. The Kier molecular flexibility index (Phi) is 5.60. The first-order valence-corrected chi connectivity index (χ1v) is 13.2. The molecular formula is C27H46O3. The smallest absolute Gasteiger partial charge is 0.0618 e. The number of hydrogen-bond donors (Lipinski definition) is 2. The Balaban J connectivity index is 1.32. The van der Waals surface area contributed by atoms with Crippen LogP contribution >= 0.6 is 0 Å². The normalized spacial score (nSPS) is 56.0. The summed E-state index contributed by atoms with van der Waals surface area (Å²) in [5.74, 6) is 5.13. The molecule has 0 aromatic heterocycles. The van der Waals surface area contributed by atoms with Gasteiger partial charge in [0.15, 0.2) is 0 Å². The molecule has 3 nitrogen and oxygen atoms in total. The molecule has 4 aliphatic carbocycles. The zero-order chi connectivity index (χ0) is 21.3. The molecule has 5 rings (SSSR count). The fourth-order valence-electron chi connectivity index (χ4n) is 9.79. The van der Waals surface area contributed by atoms with Crippen LogP contribution in [0.15, 0.2) is 0 Å². The monoisotopic (exact) mass is 418 g/mol. The molecule has 3 heteroatoms. The summed E-state index contributed by atoms with van der Waals surface area (Å²) in [6.07, 6.45) is 13.2. The quantitative estimate of drug-likeness (QED) is 0.640. The molecule has 0 aromatic carbocycles. The van der Waals surface area contributed by atoms with Crippen molar-refractivity contribution < 1.29 is 14.9 Å². The van der Waals surface area contributed by atoms with E-state index in [0.29, 0.717) is 41.5 Å². The molecule has 0 aromatic rings. The van der Waals surface area contributed by atoms with E-state index in [1.165, 1.54) is 38.5 Å². The van der Waals surface area contributed by atoms with E-state index in [0.717, 1.165) is 55.3 Å². The second-order valence-electron chi connectivity index (χ2n) is 12.8. The molecule has 0 spiro atoms. The van der Waals surface area contributed by atoms with Crippen molar-refractivity contribution in [2.75, 3.05) is 6.61 Å². The van der Waals surface area contributed by atoms with E-state index in [1.54, 1.807) is 0 Å². The van der Waals surface area contributed by atoms with E-state index in [9.17, 15) is 10.2 Å². The van der Waals surface area contributed by atoms with Gasteiger partial charge in [0, 0.05) is 6.61 Å². The molecule has 12 unspecified atom stereocenters. The first-order chi connectivity index (χ1) is 14.3. The molecular weight excluding hydrogens is 372 g/mol. The summed E-state index contributed by atoms with van der Waals surface area (Å²) in [4.78, 5) is 0. The summed E-state index contributed by atoms with van der Waals surface area (Å²) in [7, 11) is 0. The Hall–Kier alpha value is -0.120. The fraction of sp³-hybridized carbons (Fsp3) is 1.00. The van der Waals surface area contributed by atoms with Gasteiger partial charge in [-0.3, -0.25) is 0 Å². The van der Waals surface area contributed by atoms with Crippen molar-refractivity contribution in [1.29, 1.82) is 0 Å². The van der Waals surface area contributed by atoms with E-state index in [1.807, 2.05) is 0 Å². The molecule has 172 valence electrons. The van der Waals surface area contributed by atoms with Gasteiger partial charge in [0.05, 0.1) is 18.3 Å². The number of aliphatic hydroxyl groups excluding tert-OH is 2. The highest BCUT2D eigenvalue weighted by Crippen LogP contribution is 2.70. The van der Waals surface area contributed by atoms with Gasteiger partial charge < -0.3 is 14.9 Å². The third-order valence-corrected chi connectivity index (χ3v) is 11.5. The number of hydrogen-bond acceptors (Lipinski definition) is 3. The maximum absolute atomic E-state index is 10.3. The van der Waals surface area contributed by atoms with E-state index in [-0.39, 0.29) is 6.10 Å². The second kappa shape index (κ2) is 7.73. The molecule has 4 saturated carbocycles. The van der Waals surface area contributed by atoms with Gasteiger partial charge in [0.25, 0.3) is 0 Å². The van der Waals surface area contributed by atoms with Crippen LogP contribution in [0.25, 0.3) is 0 Å². The standard InChI is InChI=1S/C27H46O3/c1-16(15-28)5-8-23-17(2)25-24(30-23)14-22-20-7-6-18-13-19(29)9-11-26(18,3)21(20)10-12-27(22,25)4/h16-25,28-29H,5-15H2,1-4H3. The molecule has 12 atom stereocenters. The first kappa shape index (κ1) is 21.7. The Morgan fingerprint density at radius 3 is 2.53 bits per heavy atom. The molecule has 5 fully saturated rings. The molecule has 0 amide bonds. The Bertz CT molecular complexity index is 636. The minimum Gasteiger partial charge on any atom is -0.396 e. The zero-order valence-corrected chi connectivity index (χ0v) is 19.9. The third-order valence-electron chi connectivity index (χ3n) is 11.5. The van der Waals surface area contributed by atoms with Crippen molar-refractivity contribution in [2.45, 2.75) is 110 Å². The number of ether oxygens (including phenoxy) is 1. The van der Waals surface area contributed by atoms with E-state index < -0.39 is 0 Å². The van der Waals surface area contributed by atoms with E-state index >= 15 is 0 Å². The Morgan fingerprint density at radius 1 is 1.00 bits per heavy atom. The zero-order valence-electron chi connectivity index (χ0n) is 19.9. The van der Waals surface area contributed by atoms with Gasteiger partial charge in [-0.1, -0.05) is 27.7 Å². The molecule has 1 heterocycles. The highest BCUT2D eigenvalue weighted by Gasteiger charge is 2.65. The van der Waals surface area contributed by atoms with Crippen molar-refractivity contribution in [1.82, 2.24) is 0 Å². The topological polar surface area (TPSA) is 49.7 Å². The first-order valence-electron chi connectivity index (χ1n) is 13.2. The van der Waals surface area contributed by atoms with Crippen molar-refractivity contribution in [3.8, 4) is 0 Å². The number of aliphatic hydroxyl groups is 2. The summed E-state index contributed by atoms with van der Waals surface area (Å²) >= 11 is 0. The van der Waals surface area contributed by atoms with Crippen LogP contribution in [-0.2, 0) is 4.74 Å². The molecule has 30 heavy (non-hydrogen) atoms. The van der Waals surface area contributed by atoms with Gasteiger partial charge in [-0.2, -0.15) is 0 Å². The third kappa shape index (κ3) is 3.16. The molecule has 1 aliphatic heterocycles. The lowest BCUT2D eigenvalue weighted by Crippen LogP contribution is -2.54. The van der Waals surface area contributed by atoms with Gasteiger partial charge >= 0.3 is 0 Å². The summed E-state index contributed by atoms with van der Waals surface area (Å²) in [6.45, 7) is 10.2. The van der Waals surface area contributed by atoms with Gasteiger partial charge in [-0.15, -0.1) is 0 Å². The SMILES string of the molecule is CC(CO)CCC1OC2CC3C4CCC5CC(O)CCC5(C)C4CCC3(C)C2C1C. The summed E-state index contributed by atoms with van der Waals surface area (Å²) < 4.78 is 6.76.